The lowest BCUT2D eigenvalue weighted by atomic mass is 9.70. The normalized spacial score (nSPS) is 25.7. The van der Waals surface area contributed by atoms with E-state index in [1.54, 1.807) is 0 Å². The van der Waals surface area contributed by atoms with Crippen molar-refractivity contribution in [1.29, 1.82) is 0 Å². The SMILES string of the molecule is CCC(CC)CNCC1CCC(C(C)(C)C)CC1. The molecule has 0 saturated heterocycles. The van der Waals surface area contributed by atoms with Crippen molar-refractivity contribution in [2.45, 2.75) is 73.1 Å². The molecule has 0 spiro atoms. The molecular formula is C17H35N. The lowest BCUT2D eigenvalue weighted by Gasteiger charge is -2.37. The average molecular weight is 253 g/mol. The van der Waals surface area contributed by atoms with E-state index in [2.05, 4.69) is 39.9 Å². The Labute approximate surface area is 115 Å². The second-order valence-corrected chi connectivity index (χ2v) is 7.42. The van der Waals surface area contributed by atoms with Gasteiger partial charge in [-0.1, -0.05) is 47.5 Å². The number of hydrogen-bond acceptors (Lipinski definition) is 1. The molecule has 0 unspecified atom stereocenters. The predicted molar refractivity (Wildman–Crippen MR) is 81.8 cm³/mol. The van der Waals surface area contributed by atoms with E-state index in [0.717, 1.165) is 17.8 Å². The fourth-order valence-corrected chi connectivity index (χ4v) is 3.30. The first-order valence-electron chi connectivity index (χ1n) is 8.18. The quantitative estimate of drug-likeness (QED) is 0.712. The minimum atomic E-state index is 0.522. The maximum absolute atomic E-state index is 3.71. The zero-order valence-electron chi connectivity index (χ0n) is 13.4. The van der Waals surface area contributed by atoms with E-state index in [9.17, 15) is 0 Å². The average Bonchev–Trinajstić information content (AvgIpc) is 2.34. The molecule has 1 heteroatoms. The van der Waals surface area contributed by atoms with Gasteiger partial charge in [-0.25, -0.2) is 0 Å². The summed E-state index contributed by atoms with van der Waals surface area (Å²) >= 11 is 0. The van der Waals surface area contributed by atoms with Gasteiger partial charge in [0.15, 0.2) is 0 Å². The summed E-state index contributed by atoms with van der Waals surface area (Å²) in [4.78, 5) is 0. The lowest BCUT2D eigenvalue weighted by molar-refractivity contribution is 0.148. The summed E-state index contributed by atoms with van der Waals surface area (Å²) in [5, 5.41) is 3.71. The Hall–Kier alpha value is -0.0400. The van der Waals surface area contributed by atoms with E-state index in [1.165, 1.54) is 51.6 Å². The van der Waals surface area contributed by atoms with Gasteiger partial charge in [0.25, 0.3) is 0 Å². The van der Waals surface area contributed by atoms with E-state index < -0.39 is 0 Å². The van der Waals surface area contributed by atoms with Gasteiger partial charge in [-0.05, 0) is 61.9 Å². The monoisotopic (exact) mass is 253 g/mol. The highest BCUT2D eigenvalue weighted by atomic mass is 14.9. The van der Waals surface area contributed by atoms with Gasteiger partial charge >= 0.3 is 0 Å². The largest absolute Gasteiger partial charge is 0.316 e. The standard InChI is InChI=1S/C17H35N/c1-6-14(7-2)12-18-13-15-8-10-16(11-9-15)17(3,4)5/h14-16,18H,6-13H2,1-5H3. The van der Waals surface area contributed by atoms with Crippen LogP contribution in [0.15, 0.2) is 0 Å². The smallest absolute Gasteiger partial charge is 0.00204 e. The molecule has 0 amide bonds. The molecule has 1 aliphatic carbocycles. The summed E-state index contributed by atoms with van der Waals surface area (Å²) in [7, 11) is 0. The maximum atomic E-state index is 3.71. The minimum Gasteiger partial charge on any atom is -0.316 e. The van der Waals surface area contributed by atoms with Crippen molar-refractivity contribution < 1.29 is 0 Å². The van der Waals surface area contributed by atoms with Crippen molar-refractivity contribution in [3.63, 3.8) is 0 Å². The first kappa shape index (κ1) is 16.0. The van der Waals surface area contributed by atoms with Crippen LogP contribution in [0, 0.1) is 23.2 Å². The first-order valence-corrected chi connectivity index (χ1v) is 8.18. The molecule has 0 radical (unpaired) electrons. The van der Waals surface area contributed by atoms with Gasteiger partial charge in [-0.2, -0.15) is 0 Å². The molecule has 1 rings (SSSR count). The molecule has 0 aromatic carbocycles. The van der Waals surface area contributed by atoms with E-state index in [1.807, 2.05) is 0 Å². The third kappa shape index (κ3) is 5.30. The molecule has 0 aliphatic heterocycles. The summed E-state index contributed by atoms with van der Waals surface area (Å²) in [5.74, 6) is 2.78. The first-order chi connectivity index (χ1) is 8.47. The van der Waals surface area contributed by atoms with Crippen LogP contribution in [0.4, 0.5) is 0 Å². The van der Waals surface area contributed by atoms with Crippen molar-refractivity contribution in [3.8, 4) is 0 Å². The van der Waals surface area contributed by atoms with E-state index in [0.29, 0.717) is 5.41 Å². The number of hydrogen-bond donors (Lipinski definition) is 1. The van der Waals surface area contributed by atoms with Gasteiger partial charge in [-0.15, -0.1) is 0 Å². The van der Waals surface area contributed by atoms with Crippen LogP contribution >= 0.6 is 0 Å². The third-order valence-electron chi connectivity index (χ3n) is 5.09. The van der Waals surface area contributed by atoms with Crippen LogP contribution < -0.4 is 5.32 Å². The van der Waals surface area contributed by atoms with Gasteiger partial charge in [0.1, 0.15) is 0 Å². The summed E-state index contributed by atoms with van der Waals surface area (Å²) in [6, 6.07) is 0. The number of nitrogens with one attached hydrogen (secondary N) is 1. The zero-order valence-corrected chi connectivity index (χ0v) is 13.4. The Bertz CT molecular complexity index is 204. The van der Waals surface area contributed by atoms with E-state index >= 15 is 0 Å². The number of rotatable bonds is 6. The van der Waals surface area contributed by atoms with Crippen molar-refractivity contribution in [2.24, 2.45) is 23.2 Å². The molecule has 0 bridgehead atoms. The Morgan fingerprint density at radius 1 is 1.00 bits per heavy atom. The van der Waals surface area contributed by atoms with Crippen LogP contribution in [-0.4, -0.2) is 13.1 Å². The minimum absolute atomic E-state index is 0.522. The molecule has 1 N–H and O–H groups in total. The van der Waals surface area contributed by atoms with Gasteiger partial charge in [0, 0.05) is 0 Å². The van der Waals surface area contributed by atoms with Crippen LogP contribution in [0.3, 0.4) is 0 Å². The molecular weight excluding hydrogens is 218 g/mol. The van der Waals surface area contributed by atoms with Crippen molar-refractivity contribution in [2.75, 3.05) is 13.1 Å². The van der Waals surface area contributed by atoms with Crippen LogP contribution in [-0.2, 0) is 0 Å². The van der Waals surface area contributed by atoms with Crippen molar-refractivity contribution in [1.82, 2.24) is 5.32 Å². The predicted octanol–water partition coefficient (Wildman–Crippen LogP) is 4.86. The molecule has 1 aliphatic rings. The Kier molecular flexibility index (Phi) is 6.70. The maximum Gasteiger partial charge on any atom is -0.00204 e. The fourth-order valence-electron chi connectivity index (χ4n) is 3.30. The molecule has 1 fully saturated rings. The Morgan fingerprint density at radius 2 is 1.56 bits per heavy atom. The third-order valence-corrected chi connectivity index (χ3v) is 5.09. The molecule has 108 valence electrons. The van der Waals surface area contributed by atoms with Gasteiger partial charge in [0.2, 0.25) is 0 Å². The second kappa shape index (κ2) is 7.53. The highest BCUT2D eigenvalue weighted by Crippen LogP contribution is 2.39. The summed E-state index contributed by atoms with van der Waals surface area (Å²) < 4.78 is 0. The molecule has 0 aromatic rings. The van der Waals surface area contributed by atoms with E-state index in [4.69, 9.17) is 0 Å². The molecule has 0 heterocycles. The summed E-state index contributed by atoms with van der Waals surface area (Å²) in [6.45, 7) is 14.3. The van der Waals surface area contributed by atoms with Gasteiger partial charge in [0.05, 0.1) is 0 Å². The molecule has 18 heavy (non-hydrogen) atoms. The second-order valence-electron chi connectivity index (χ2n) is 7.42. The summed E-state index contributed by atoms with van der Waals surface area (Å²) in [5.41, 5.74) is 0.522. The highest BCUT2D eigenvalue weighted by molar-refractivity contribution is 4.81. The molecule has 1 nitrogen and oxygen atoms in total. The van der Waals surface area contributed by atoms with Crippen LogP contribution in [0.2, 0.25) is 0 Å². The van der Waals surface area contributed by atoms with Crippen molar-refractivity contribution >= 4 is 0 Å². The van der Waals surface area contributed by atoms with Crippen LogP contribution in [0.5, 0.6) is 0 Å². The fraction of sp³-hybridized carbons (Fsp3) is 1.00. The Morgan fingerprint density at radius 3 is 2.00 bits per heavy atom. The van der Waals surface area contributed by atoms with E-state index in [-0.39, 0.29) is 0 Å². The van der Waals surface area contributed by atoms with Crippen molar-refractivity contribution in [3.05, 3.63) is 0 Å². The zero-order chi connectivity index (χ0) is 13.6. The molecule has 0 atom stereocenters. The van der Waals surface area contributed by atoms with Crippen LogP contribution in [0.25, 0.3) is 0 Å². The lowest BCUT2D eigenvalue weighted by Crippen LogP contribution is -2.32. The molecule has 1 saturated carbocycles. The topological polar surface area (TPSA) is 12.0 Å². The summed E-state index contributed by atoms with van der Waals surface area (Å²) in [6.07, 6.45) is 8.41. The highest BCUT2D eigenvalue weighted by Gasteiger charge is 2.29. The van der Waals surface area contributed by atoms with Gasteiger partial charge in [-0.3, -0.25) is 0 Å². The Balaban J connectivity index is 2.16. The van der Waals surface area contributed by atoms with Crippen LogP contribution in [0.1, 0.15) is 73.1 Å². The van der Waals surface area contributed by atoms with Gasteiger partial charge < -0.3 is 5.32 Å². The molecule has 0 aromatic heterocycles.